The zero-order valence-corrected chi connectivity index (χ0v) is 5.68. The number of hydrogen-bond donors (Lipinski definition) is 3. The second-order valence-electron chi connectivity index (χ2n) is 1.73. The Hall–Kier alpha value is -1.87. The first kappa shape index (κ1) is 8.23. The normalized spacial score (nSPS) is 18.7. The molecule has 0 aromatic rings. The van der Waals surface area contributed by atoms with Crippen LogP contribution >= 0.6 is 0 Å². The van der Waals surface area contributed by atoms with Crippen molar-refractivity contribution in [1.82, 2.24) is 10.3 Å². The lowest BCUT2D eigenvalue weighted by atomic mass is 10.7. The summed E-state index contributed by atoms with van der Waals surface area (Å²) in [5.74, 6) is 6.48. The van der Waals surface area contributed by atoms with Crippen LogP contribution in [0.15, 0.2) is 0 Å². The van der Waals surface area contributed by atoms with E-state index in [9.17, 15) is 9.59 Å². The number of guanidine groups is 1. The smallest absolute Gasteiger partial charge is 0.310 e. The van der Waals surface area contributed by atoms with Gasteiger partial charge in [-0.05, 0) is 0 Å². The number of carbonyl (C=O) groups excluding carboxylic acids is 2. The summed E-state index contributed by atoms with van der Waals surface area (Å²) < 4.78 is 0. The molecule has 0 amide bonds. The van der Waals surface area contributed by atoms with E-state index in [1.807, 2.05) is 0 Å². The summed E-state index contributed by atoms with van der Waals surface area (Å²) in [6.07, 6.45) is 0. The predicted molar refractivity (Wildman–Crippen MR) is 32.0 cm³/mol. The monoisotopic (exact) mass is 175 g/mol. The third-order valence-corrected chi connectivity index (χ3v) is 0.947. The Labute approximate surface area is 65.7 Å². The van der Waals surface area contributed by atoms with E-state index in [1.165, 1.54) is 0 Å². The van der Waals surface area contributed by atoms with Gasteiger partial charge in [-0.15, -0.1) is 0 Å². The molecule has 9 heteroatoms. The number of nitrogens with two attached hydrogens (primary N) is 2. The second-order valence-corrected chi connectivity index (χ2v) is 1.73. The Morgan fingerprint density at radius 2 is 1.42 bits per heavy atom. The van der Waals surface area contributed by atoms with E-state index in [0.29, 0.717) is 0 Å². The van der Waals surface area contributed by atoms with Gasteiger partial charge in [0.2, 0.25) is 0 Å². The van der Waals surface area contributed by atoms with Gasteiger partial charge in [-0.3, -0.25) is 5.41 Å². The molecule has 5 N–H and O–H groups in total. The highest BCUT2D eigenvalue weighted by atomic mass is 16.8. The fraction of sp³-hybridized carbons (Fsp3) is 0. The van der Waals surface area contributed by atoms with Crippen LogP contribution in [0.4, 0.5) is 0 Å². The van der Waals surface area contributed by atoms with Gasteiger partial charge in [0.1, 0.15) is 0 Å². The predicted octanol–water partition coefficient (Wildman–Crippen LogP) is -2.80. The van der Waals surface area contributed by atoms with Crippen LogP contribution in [-0.4, -0.2) is 28.2 Å². The minimum absolute atomic E-state index is 0.202. The molecule has 1 aliphatic heterocycles. The average molecular weight is 175 g/mol. The zero-order chi connectivity index (χ0) is 9.30. The third kappa shape index (κ3) is 1.26. The van der Waals surface area contributed by atoms with E-state index in [1.54, 1.807) is 0 Å². The van der Waals surface area contributed by atoms with Crippen molar-refractivity contribution in [3.05, 3.63) is 0 Å². The van der Waals surface area contributed by atoms with Gasteiger partial charge in [-0.2, -0.15) is 0 Å². The fourth-order valence-corrected chi connectivity index (χ4v) is 0.437. The van der Waals surface area contributed by atoms with E-state index in [0.717, 1.165) is 0 Å². The lowest BCUT2D eigenvalue weighted by Gasteiger charge is -2.16. The summed E-state index contributed by atoms with van der Waals surface area (Å²) in [7, 11) is 0. The number of hydroxylamine groups is 2. The number of rotatable bonds is 0. The average Bonchev–Trinajstić information content (AvgIpc) is 2.07. The molecule has 0 aromatic carbocycles. The first-order valence-electron chi connectivity index (χ1n) is 2.65. The van der Waals surface area contributed by atoms with Crippen molar-refractivity contribution < 1.29 is 19.3 Å². The first-order chi connectivity index (χ1) is 5.52. The maximum absolute atomic E-state index is 10.5. The van der Waals surface area contributed by atoms with Gasteiger partial charge in [0.05, 0.1) is 0 Å². The van der Waals surface area contributed by atoms with Crippen LogP contribution in [0, 0.1) is 5.41 Å². The summed E-state index contributed by atoms with van der Waals surface area (Å²) in [5, 5.41) is 7.37. The van der Waals surface area contributed by atoms with E-state index < -0.39 is 17.9 Å². The highest BCUT2D eigenvalue weighted by Gasteiger charge is 2.31. The van der Waals surface area contributed by atoms with Gasteiger partial charge in [-0.25, -0.2) is 21.3 Å². The van der Waals surface area contributed by atoms with Gasteiger partial charge in [0.25, 0.3) is 5.96 Å². The van der Waals surface area contributed by atoms with E-state index in [4.69, 9.17) is 17.1 Å². The lowest BCUT2D eigenvalue weighted by Crippen LogP contribution is -2.48. The SMILES string of the molecule is N=C1N(N)OC(=O)C(=O)ON1N. The zero-order valence-electron chi connectivity index (χ0n) is 5.68. The van der Waals surface area contributed by atoms with Crippen molar-refractivity contribution >= 4 is 17.9 Å². The topological polar surface area (TPSA) is 135 Å². The fourth-order valence-electron chi connectivity index (χ4n) is 0.437. The van der Waals surface area contributed by atoms with E-state index in [2.05, 4.69) is 9.68 Å². The van der Waals surface area contributed by atoms with Crippen LogP contribution < -0.4 is 11.7 Å². The Morgan fingerprint density at radius 3 is 1.75 bits per heavy atom. The van der Waals surface area contributed by atoms with Crippen LogP contribution in [-0.2, 0) is 19.3 Å². The highest BCUT2D eigenvalue weighted by Crippen LogP contribution is 1.98. The van der Waals surface area contributed by atoms with Crippen LogP contribution in [0.2, 0.25) is 0 Å². The number of hydrogen-bond acceptors (Lipinski definition) is 7. The molecule has 0 aliphatic carbocycles. The summed E-state index contributed by atoms with van der Waals surface area (Å²) in [5.41, 5.74) is 0. The quantitative estimate of drug-likeness (QED) is 0.265. The lowest BCUT2D eigenvalue weighted by molar-refractivity contribution is -0.188. The van der Waals surface area contributed by atoms with Crippen LogP contribution in [0.5, 0.6) is 0 Å². The van der Waals surface area contributed by atoms with E-state index in [-0.39, 0.29) is 10.3 Å². The number of carbonyl (C=O) groups is 2. The minimum atomic E-state index is -1.35. The van der Waals surface area contributed by atoms with Crippen molar-refractivity contribution in [2.45, 2.75) is 0 Å². The molecule has 1 heterocycles. The van der Waals surface area contributed by atoms with Crippen LogP contribution in [0.1, 0.15) is 0 Å². The Kier molecular flexibility index (Phi) is 1.81. The third-order valence-electron chi connectivity index (χ3n) is 0.947. The molecule has 1 saturated heterocycles. The molecule has 0 atom stereocenters. The van der Waals surface area contributed by atoms with Gasteiger partial charge in [0.15, 0.2) is 0 Å². The summed E-state index contributed by atoms with van der Waals surface area (Å²) in [6, 6.07) is 0. The van der Waals surface area contributed by atoms with Crippen molar-refractivity contribution in [2.75, 3.05) is 0 Å². The highest BCUT2D eigenvalue weighted by molar-refractivity contribution is 6.30. The Morgan fingerprint density at radius 1 is 1.08 bits per heavy atom. The molecule has 1 rings (SSSR count). The van der Waals surface area contributed by atoms with Crippen molar-refractivity contribution in [1.29, 1.82) is 5.41 Å². The van der Waals surface area contributed by atoms with Crippen LogP contribution in [0.3, 0.4) is 0 Å². The summed E-state index contributed by atoms with van der Waals surface area (Å²) in [4.78, 5) is 29.2. The second kappa shape index (κ2) is 2.64. The molecule has 0 saturated carbocycles. The Bertz CT molecular complexity index is 227. The number of hydrazine groups is 2. The summed E-state index contributed by atoms with van der Waals surface area (Å²) in [6.45, 7) is 0. The molecular formula is C3H5N5O4. The molecule has 66 valence electrons. The molecular weight excluding hydrogens is 170 g/mol. The van der Waals surface area contributed by atoms with Gasteiger partial charge in [-0.1, -0.05) is 10.3 Å². The van der Waals surface area contributed by atoms with Crippen LogP contribution in [0.25, 0.3) is 0 Å². The first-order valence-corrected chi connectivity index (χ1v) is 2.65. The van der Waals surface area contributed by atoms with Gasteiger partial charge >= 0.3 is 11.9 Å². The molecule has 0 bridgehead atoms. The van der Waals surface area contributed by atoms with Crippen molar-refractivity contribution in [2.24, 2.45) is 11.7 Å². The molecule has 0 radical (unpaired) electrons. The molecule has 9 nitrogen and oxygen atoms in total. The van der Waals surface area contributed by atoms with Crippen molar-refractivity contribution in [3.8, 4) is 0 Å². The Balaban J connectivity index is 2.85. The summed E-state index contributed by atoms with van der Waals surface area (Å²) >= 11 is 0. The molecule has 0 unspecified atom stereocenters. The molecule has 1 aliphatic rings. The van der Waals surface area contributed by atoms with Crippen molar-refractivity contribution in [3.63, 3.8) is 0 Å². The molecule has 12 heavy (non-hydrogen) atoms. The maximum atomic E-state index is 10.5. The number of nitrogens with one attached hydrogen (secondary N) is 1. The molecule has 0 aromatic heterocycles. The largest absolute Gasteiger partial charge is 0.445 e. The maximum Gasteiger partial charge on any atom is 0.445 e. The minimum Gasteiger partial charge on any atom is -0.310 e. The van der Waals surface area contributed by atoms with Gasteiger partial charge in [0, 0.05) is 0 Å². The molecule has 0 spiro atoms. The van der Waals surface area contributed by atoms with Gasteiger partial charge < -0.3 is 9.68 Å². The molecule has 1 fully saturated rings. The van der Waals surface area contributed by atoms with E-state index >= 15 is 0 Å². The standard InChI is InChI=1S/C3H5N5O4/c4-3-7(5)11-1(9)2(10)12-8(3)6/h4H,5-6H2. The number of nitrogens with zero attached hydrogens (tertiary/aromatic N) is 2.